The number of hydrogen-bond acceptors (Lipinski definition) is 7. The molecule has 0 unspecified atom stereocenters. The molecule has 0 saturated heterocycles. The van der Waals surface area contributed by atoms with Gasteiger partial charge in [-0.1, -0.05) is 24.3 Å². The summed E-state index contributed by atoms with van der Waals surface area (Å²) in [6.45, 7) is 6.83. The van der Waals surface area contributed by atoms with Crippen LogP contribution in [0.2, 0.25) is 0 Å². The number of benzene rings is 3. The van der Waals surface area contributed by atoms with E-state index in [4.69, 9.17) is 4.74 Å². The zero-order chi connectivity index (χ0) is 30.6. The van der Waals surface area contributed by atoms with Gasteiger partial charge < -0.3 is 9.30 Å². The number of para-hydroxylation sites is 1. The molecule has 3 aromatic carbocycles. The van der Waals surface area contributed by atoms with E-state index in [-0.39, 0.29) is 16.3 Å². The van der Waals surface area contributed by atoms with Crippen molar-refractivity contribution < 1.29 is 22.9 Å². The highest BCUT2D eigenvalue weighted by atomic mass is 32.2. The minimum Gasteiger partial charge on any atom is -0.497 e. The van der Waals surface area contributed by atoms with Crippen LogP contribution in [0.3, 0.4) is 0 Å². The molecule has 1 heterocycles. The maximum atomic E-state index is 13.7. The Hall–Kier alpha value is -4.97. The molecule has 4 aromatic rings. The van der Waals surface area contributed by atoms with E-state index in [9.17, 15) is 23.3 Å². The van der Waals surface area contributed by atoms with Crippen molar-refractivity contribution in [3.05, 3.63) is 111 Å². The number of ether oxygens (including phenoxy) is 1. The summed E-state index contributed by atoms with van der Waals surface area (Å²) < 4.78 is 35.5. The number of nitrogens with zero attached hydrogens (tertiary/aromatic N) is 4. The molecule has 218 valence electrons. The highest BCUT2D eigenvalue weighted by Gasteiger charge is 2.29. The molecule has 1 N–H and O–H groups in total. The molecule has 0 spiro atoms. The van der Waals surface area contributed by atoms with Crippen LogP contribution < -0.4 is 14.5 Å². The molecule has 11 nitrogen and oxygen atoms in total. The van der Waals surface area contributed by atoms with E-state index >= 15 is 0 Å². The van der Waals surface area contributed by atoms with Crippen molar-refractivity contribution in [2.75, 3.05) is 18.0 Å². The van der Waals surface area contributed by atoms with E-state index in [2.05, 4.69) is 15.1 Å². The molecule has 0 aliphatic rings. The third-order valence-electron chi connectivity index (χ3n) is 6.83. The molecule has 42 heavy (non-hydrogen) atoms. The van der Waals surface area contributed by atoms with Gasteiger partial charge in [0, 0.05) is 34.3 Å². The van der Waals surface area contributed by atoms with E-state index in [1.807, 2.05) is 51.1 Å². The predicted octanol–water partition coefficient (Wildman–Crippen LogP) is 4.97. The van der Waals surface area contributed by atoms with Crippen LogP contribution in [0.25, 0.3) is 5.69 Å². The Morgan fingerprint density at radius 1 is 1.02 bits per heavy atom. The first-order chi connectivity index (χ1) is 19.9. The number of carbonyl (C=O) groups is 1. The Balaban J connectivity index is 1.61. The van der Waals surface area contributed by atoms with E-state index < -0.39 is 27.4 Å². The molecule has 1 amide bonds. The molecule has 0 atom stereocenters. The van der Waals surface area contributed by atoms with Crippen LogP contribution in [0, 0.1) is 37.8 Å². The largest absolute Gasteiger partial charge is 0.497 e. The van der Waals surface area contributed by atoms with E-state index in [0.717, 1.165) is 38.6 Å². The second-order valence-corrected chi connectivity index (χ2v) is 11.5. The Morgan fingerprint density at radius 2 is 1.71 bits per heavy atom. The number of hydrogen-bond donors (Lipinski definition) is 1. The molecule has 0 aliphatic heterocycles. The molecular weight excluding hydrogens is 558 g/mol. The molecule has 1 aromatic heterocycles. The second kappa shape index (κ2) is 12.3. The first kappa shape index (κ1) is 30.0. The van der Waals surface area contributed by atoms with Gasteiger partial charge >= 0.3 is 0 Å². The summed E-state index contributed by atoms with van der Waals surface area (Å²) in [5.74, 6) is -0.223. The number of aromatic nitrogens is 1. The number of amides is 1. The van der Waals surface area contributed by atoms with E-state index in [0.29, 0.717) is 11.3 Å². The van der Waals surface area contributed by atoms with Crippen molar-refractivity contribution in [1.82, 2.24) is 9.99 Å². The Kier molecular flexibility index (Phi) is 8.76. The lowest BCUT2D eigenvalue weighted by molar-refractivity contribution is -0.385. The average Bonchev–Trinajstić information content (AvgIpc) is 3.24. The third kappa shape index (κ3) is 6.18. The van der Waals surface area contributed by atoms with Gasteiger partial charge in [-0.2, -0.15) is 5.10 Å². The van der Waals surface area contributed by atoms with Gasteiger partial charge in [0.25, 0.3) is 21.6 Å². The van der Waals surface area contributed by atoms with Crippen LogP contribution in [0.5, 0.6) is 5.75 Å². The number of nitrogens with one attached hydrogen (secondary N) is 1. The van der Waals surface area contributed by atoms with Gasteiger partial charge in [-0.15, -0.1) is 0 Å². The summed E-state index contributed by atoms with van der Waals surface area (Å²) in [7, 11) is -2.92. The summed E-state index contributed by atoms with van der Waals surface area (Å²) >= 11 is 0. The lowest BCUT2D eigenvalue weighted by Gasteiger charge is -2.24. The fourth-order valence-corrected chi connectivity index (χ4v) is 6.02. The Morgan fingerprint density at radius 3 is 2.36 bits per heavy atom. The number of carbonyl (C=O) groups excluding carboxylic acids is 1. The maximum Gasteiger partial charge on any atom is 0.273 e. The molecule has 4 rings (SSSR count). The van der Waals surface area contributed by atoms with Gasteiger partial charge in [0.1, 0.15) is 12.3 Å². The second-order valence-electron chi connectivity index (χ2n) is 9.66. The van der Waals surface area contributed by atoms with Crippen molar-refractivity contribution >= 4 is 33.5 Å². The molecule has 0 saturated carbocycles. The summed E-state index contributed by atoms with van der Waals surface area (Å²) in [4.78, 5) is 23.5. The smallest absolute Gasteiger partial charge is 0.273 e. The zero-order valence-electron chi connectivity index (χ0n) is 23.9. The fraction of sp³-hybridized carbons (Fsp3) is 0.200. The van der Waals surface area contributed by atoms with Gasteiger partial charge in [0.2, 0.25) is 0 Å². The molecule has 0 aliphatic carbocycles. The Bertz CT molecular complexity index is 1780. The lowest BCUT2D eigenvalue weighted by atomic mass is 10.2. The van der Waals surface area contributed by atoms with Gasteiger partial charge in [0.15, 0.2) is 0 Å². The number of methoxy groups -OCH3 is 1. The van der Waals surface area contributed by atoms with Gasteiger partial charge in [-0.05, 0) is 75.7 Å². The third-order valence-corrected chi connectivity index (χ3v) is 8.60. The molecule has 0 bridgehead atoms. The number of rotatable bonds is 10. The van der Waals surface area contributed by atoms with Gasteiger partial charge in [-0.3, -0.25) is 19.2 Å². The standard InChI is InChI=1S/C30H31N5O6S/c1-20-8-6-7-9-28(20)34-22(3)16-24(23(34)4)18-31-32-30(36)19-33(25-11-13-26(41-5)14-12-25)42(39,40)27-15-10-21(2)29(17-27)35(37)38/h6-18H,19H2,1-5H3,(H,32,36)/b31-18-. The molecular formula is C30H31N5O6S. The zero-order valence-corrected chi connectivity index (χ0v) is 24.7. The SMILES string of the molecule is COc1ccc(N(CC(=O)N/N=C\c2cc(C)n(-c3ccccc3C)c2C)S(=O)(=O)c2ccc(C)c([N+](=O)[O-])c2)cc1. The van der Waals surface area contributed by atoms with E-state index in [1.165, 1.54) is 44.5 Å². The predicted molar refractivity (Wildman–Crippen MR) is 161 cm³/mol. The highest BCUT2D eigenvalue weighted by molar-refractivity contribution is 7.92. The van der Waals surface area contributed by atoms with Crippen LogP contribution >= 0.6 is 0 Å². The number of nitro groups is 1. The van der Waals surface area contributed by atoms with Crippen molar-refractivity contribution in [2.45, 2.75) is 32.6 Å². The van der Waals surface area contributed by atoms with Crippen molar-refractivity contribution in [3.8, 4) is 11.4 Å². The van der Waals surface area contributed by atoms with E-state index in [1.54, 1.807) is 12.1 Å². The van der Waals surface area contributed by atoms with Gasteiger partial charge in [-0.25, -0.2) is 13.8 Å². The number of aryl methyl sites for hydroxylation is 3. The normalized spacial score (nSPS) is 11.5. The minimum atomic E-state index is -4.39. The number of sulfonamides is 1. The van der Waals surface area contributed by atoms with Crippen molar-refractivity contribution in [1.29, 1.82) is 0 Å². The monoisotopic (exact) mass is 589 g/mol. The number of nitro benzene ring substituents is 1. The summed E-state index contributed by atoms with van der Waals surface area (Å²) in [5, 5.41) is 15.6. The highest BCUT2D eigenvalue weighted by Crippen LogP contribution is 2.29. The summed E-state index contributed by atoms with van der Waals surface area (Å²) in [6.07, 6.45) is 1.50. The first-order valence-electron chi connectivity index (χ1n) is 12.9. The summed E-state index contributed by atoms with van der Waals surface area (Å²) in [6, 6.07) is 19.6. The van der Waals surface area contributed by atoms with Crippen molar-refractivity contribution in [2.24, 2.45) is 5.10 Å². The van der Waals surface area contributed by atoms with Crippen molar-refractivity contribution in [3.63, 3.8) is 0 Å². The van der Waals surface area contributed by atoms with Crippen LogP contribution in [-0.2, 0) is 14.8 Å². The number of hydrazone groups is 1. The lowest BCUT2D eigenvalue weighted by Crippen LogP contribution is -2.39. The summed E-state index contributed by atoms with van der Waals surface area (Å²) in [5.41, 5.74) is 7.36. The molecule has 12 heteroatoms. The first-order valence-corrected chi connectivity index (χ1v) is 14.4. The fourth-order valence-electron chi connectivity index (χ4n) is 4.58. The van der Waals surface area contributed by atoms with Crippen LogP contribution in [0.15, 0.2) is 82.8 Å². The minimum absolute atomic E-state index is 0.167. The average molecular weight is 590 g/mol. The maximum absolute atomic E-state index is 13.7. The quantitative estimate of drug-likeness (QED) is 0.158. The Labute approximate surface area is 244 Å². The van der Waals surface area contributed by atoms with Crippen LogP contribution in [-0.4, -0.2) is 43.7 Å². The molecule has 0 radical (unpaired) electrons. The molecule has 0 fully saturated rings. The topological polar surface area (TPSA) is 136 Å². The van der Waals surface area contributed by atoms with Crippen LogP contribution in [0.1, 0.15) is 28.1 Å². The van der Waals surface area contributed by atoms with Crippen LogP contribution in [0.4, 0.5) is 11.4 Å². The number of anilines is 1. The van der Waals surface area contributed by atoms with Gasteiger partial charge in [0.05, 0.1) is 28.8 Å².